The van der Waals surface area contributed by atoms with Gasteiger partial charge in [-0.1, -0.05) is 26.7 Å². The lowest BCUT2D eigenvalue weighted by molar-refractivity contribution is 0.479. The van der Waals surface area contributed by atoms with Crippen molar-refractivity contribution in [1.82, 2.24) is 0 Å². The lowest BCUT2D eigenvalue weighted by atomic mass is 10.0. The van der Waals surface area contributed by atoms with Crippen molar-refractivity contribution in [2.75, 3.05) is 5.75 Å². The fraction of sp³-hybridized carbons (Fsp3) is 1.00. The van der Waals surface area contributed by atoms with Crippen LogP contribution in [-0.4, -0.2) is 9.96 Å². The van der Waals surface area contributed by atoms with Gasteiger partial charge in [-0.3, -0.25) is 0 Å². The Morgan fingerprint density at radius 3 is 2.18 bits per heavy atom. The number of hydrogen-bond acceptors (Lipinski definition) is 2. The molecular formula is C7H15IOS2. The summed E-state index contributed by atoms with van der Waals surface area (Å²) >= 11 is 6.70. The smallest absolute Gasteiger partial charge is 0.0853 e. The van der Waals surface area contributed by atoms with Crippen LogP contribution in [0, 0.1) is 5.92 Å². The molecule has 0 N–H and O–H groups in total. The van der Waals surface area contributed by atoms with Crippen LogP contribution in [0.3, 0.4) is 0 Å². The maximum Gasteiger partial charge on any atom is 0.0853 e. The molecule has 0 radical (unpaired) electrons. The van der Waals surface area contributed by atoms with Gasteiger partial charge < -0.3 is 0 Å². The summed E-state index contributed by atoms with van der Waals surface area (Å²) in [4.78, 5) is 0. The molecule has 0 heterocycles. The van der Waals surface area contributed by atoms with E-state index in [-0.39, 0.29) is 0 Å². The second kappa shape index (κ2) is 5.70. The molecule has 0 saturated heterocycles. The second-order valence-electron chi connectivity index (χ2n) is 2.71. The number of halogens is 1. The minimum absolute atomic E-state index is 0.704. The zero-order valence-corrected chi connectivity index (χ0v) is 10.8. The van der Waals surface area contributed by atoms with Crippen LogP contribution in [0.4, 0.5) is 0 Å². The van der Waals surface area contributed by atoms with Gasteiger partial charge in [0.2, 0.25) is 0 Å². The van der Waals surface area contributed by atoms with Gasteiger partial charge in [-0.2, -0.15) is 0 Å². The molecule has 0 saturated carbocycles. The van der Waals surface area contributed by atoms with E-state index >= 15 is 0 Å². The molecule has 1 unspecified atom stereocenters. The van der Waals surface area contributed by atoms with E-state index in [4.69, 9.17) is 11.2 Å². The lowest BCUT2D eigenvalue weighted by Crippen LogP contribution is -2.03. The Hall–Kier alpha value is 1.10. The van der Waals surface area contributed by atoms with Crippen LogP contribution in [0.1, 0.15) is 33.1 Å². The van der Waals surface area contributed by atoms with Crippen molar-refractivity contribution in [1.29, 1.82) is 0 Å². The third kappa shape index (κ3) is 7.46. The molecule has 1 atom stereocenters. The van der Waals surface area contributed by atoms with Crippen molar-refractivity contribution < 1.29 is 4.21 Å². The van der Waals surface area contributed by atoms with Gasteiger partial charge in [0, 0.05) is 27.0 Å². The quantitative estimate of drug-likeness (QED) is 0.574. The maximum absolute atomic E-state index is 11.1. The summed E-state index contributed by atoms with van der Waals surface area (Å²) in [6.07, 6.45) is 3.38. The van der Waals surface area contributed by atoms with E-state index in [1.165, 1.54) is 12.8 Å². The molecule has 0 aliphatic rings. The molecule has 0 aromatic carbocycles. The van der Waals surface area contributed by atoms with Crippen molar-refractivity contribution in [2.45, 2.75) is 33.1 Å². The first kappa shape index (κ1) is 12.1. The molecule has 0 aromatic rings. The summed E-state index contributed by atoms with van der Waals surface area (Å²) in [6.45, 7) is 4.35. The molecule has 0 aliphatic heterocycles. The van der Waals surface area contributed by atoms with Crippen LogP contribution >= 0.6 is 21.2 Å². The molecule has 0 amide bonds. The molecule has 0 rings (SSSR count). The molecule has 0 aromatic heterocycles. The monoisotopic (exact) mass is 306 g/mol. The van der Waals surface area contributed by atoms with E-state index in [9.17, 15) is 4.21 Å². The van der Waals surface area contributed by atoms with E-state index in [0.717, 1.165) is 6.42 Å². The highest BCUT2D eigenvalue weighted by Crippen LogP contribution is 2.15. The van der Waals surface area contributed by atoms with Crippen LogP contribution in [-0.2, 0) is 16.9 Å². The molecule has 4 heteroatoms. The van der Waals surface area contributed by atoms with Crippen molar-refractivity contribution in [3.63, 3.8) is 0 Å². The number of hydrogen-bond donors (Lipinski definition) is 0. The first-order valence-corrected chi connectivity index (χ1v) is 9.11. The molecule has 0 aliphatic carbocycles. The third-order valence-corrected chi connectivity index (χ3v) is 4.47. The van der Waals surface area contributed by atoms with Crippen LogP contribution < -0.4 is 0 Å². The first-order valence-electron chi connectivity index (χ1n) is 3.92. The predicted octanol–water partition coefficient (Wildman–Crippen LogP) is 2.91. The Morgan fingerprint density at radius 2 is 1.91 bits per heavy atom. The van der Waals surface area contributed by atoms with Gasteiger partial charge in [0.15, 0.2) is 0 Å². The zero-order valence-electron chi connectivity index (χ0n) is 7.01. The minimum Gasteiger partial charge on any atom is -0.246 e. The molecule has 68 valence electrons. The Balaban J connectivity index is 3.69. The Bertz CT molecular complexity index is 183. The van der Waals surface area contributed by atoms with Crippen LogP contribution in [0.25, 0.3) is 0 Å². The average molecular weight is 306 g/mol. The molecule has 0 bridgehead atoms. The fourth-order valence-corrected chi connectivity index (χ4v) is 2.67. The van der Waals surface area contributed by atoms with Gasteiger partial charge >= 0.3 is 0 Å². The van der Waals surface area contributed by atoms with E-state index in [1.807, 2.05) is 21.2 Å². The van der Waals surface area contributed by atoms with Crippen molar-refractivity contribution in [3.05, 3.63) is 0 Å². The zero-order chi connectivity index (χ0) is 8.91. The third-order valence-electron chi connectivity index (χ3n) is 1.92. The largest absolute Gasteiger partial charge is 0.246 e. The molecule has 0 fully saturated rings. The van der Waals surface area contributed by atoms with Gasteiger partial charge in [0.25, 0.3) is 0 Å². The van der Waals surface area contributed by atoms with Gasteiger partial charge in [0.05, 0.1) is 5.66 Å². The molecular weight excluding hydrogens is 291 g/mol. The summed E-state index contributed by atoms with van der Waals surface area (Å²) < 4.78 is 11.1. The second-order valence-corrected chi connectivity index (χ2v) is 11.9. The summed E-state index contributed by atoms with van der Waals surface area (Å²) in [5.74, 6) is 1.42. The lowest BCUT2D eigenvalue weighted by Gasteiger charge is -2.10. The molecule has 0 spiro atoms. The minimum atomic E-state index is -1.94. The Kier molecular flexibility index (Phi) is 6.26. The summed E-state index contributed by atoms with van der Waals surface area (Å²) in [5, 5.41) is 0. The van der Waals surface area contributed by atoms with Gasteiger partial charge in [0.1, 0.15) is 0 Å². The van der Waals surface area contributed by atoms with E-state index in [1.54, 1.807) is 0 Å². The molecule has 11 heavy (non-hydrogen) atoms. The normalized spacial score (nSPS) is 16.7. The van der Waals surface area contributed by atoms with E-state index in [2.05, 4.69) is 13.8 Å². The van der Waals surface area contributed by atoms with Gasteiger partial charge in [-0.25, -0.2) is 4.21 Å². The maximum atomic E-state index is 11.1. The predicted molar refractivity (Wildman–Crippen MR) is 63.1 cm³/mol. The average Bonchev–Trinajstić information content (AvgIpc) is 1.88. The van der Waals surface area contributed by atoms with Crippen molar-refractivity contribution in [2.24, 2.45) is 5.92 Å². The standard InChI is InChI=1S/C7H15IOS2/c1-3-7(4-2)5-6-11(8,9)10/h7H,3-6H2,1-2H3. The summed E-state index contributed by atoms with van der Waals surface area (Å²) in [5.41, 5.74) is -1.94. The SMILES string of the molecule is CCC(CC)CCS(=O)(=S)I. The van der Waals surface area contributed by atoms with Crippen LogP contribution in [0.2, 0.25) is 0 Å². The summed E-state index contributed by atoms with van der Waals surface area (Å²) in [7, 11) is 0. The highest BCUT2D eigenvalue weighted by molar-refractivity contribution is 14.2. The van der Waals surface area contributed by atoms with Crippen molar-refractivity contribution >= 4 is 38.1 Å². The van der Waals surface area contributed by atoms with E-state index < -0.39 is 5.66 Å². The van der Waals surface area contributed by atoms with E-state index in [0.29, 0.717) is 11.7 Å². The van der Waals surface area contributed by atoms with Gasteiger partial charge in [-0.05, 0) is 23.5 Å². The highest BCUT2D eigenvalue weighted by Gasteiger charge is 2.06. The topological polar surface area (TPSA) is 17.1 Å². The Labute approximate surface area is 86.6 Å². The van der Waals surface area contributed by atoms with Gasteiger partial charge in [-0.15, -0.1) is 0 Å². The van der Waals surface area contributed by atoms with Crippen molar-refractivity contribution in [3.8, 4) is 0 Å². The summed E-state index contributed by atoms with van der Waals surface area (Å²) in [6, 6.07) is 0. The highest BCUT2D eigenvalue weighted by atomic mass is 127. The fourth-order valence-electron chi connectivity index (χ4n) is 1.00. The number of rotatable bonds is 5. The Morgan fingerprint density at radius 1 is 1.45 bits per heavy atom. The first-order chi connectivity index (χ1) is 4.99. The molecule has 1 nitrogen and oxygen atoms in total. The van der Waals surface area contributed by atoms with Crippen LogP contribution in [0.5, 0.6) is 0 Å². The van der Waals surface area contributed by atoms with Crippen LogP contribution in [0.15, 0.2) is 0 Å².